The number of nitrogens with zero attached hydrogens (tertiary/aromatic N) is 5. The summed E-state index contributed by atoms with van der Waals surface area (Å²) in [5.74, 6) is -2.63. The van der Waals surface area contributed by atoms with Crippen LogP contribution < -0.4 is 4.90 Å². The number of carbonyl (C=O) groups is 1. The van der Waals surface area contributed by atoms with Crippen molar-refractivity contribution in [2.75, 3.05) is 11.4 Å². The average molecular weight is 648 g/mol. The Hall–Kier alpha value is -3.74. The molecule has 0 aliphatic heterocycles. The molecule has 0 saturated heterocycles. The van der Waals surface area contributed by atoms with E-state index in [1.54, 1.807) is 26.0 Å². The number of hydrogen-bond acceptors (Lipinski definition) is 7. The lowest BCUT2D eigenvalue weighted by Gasteiger charge is -2.54. The molecule has 13 heteroatoms. The quantitative estimate of drug-likeness (QED) is 0.249. The molecule has 3 aliphatic carbocycles. The normalized spacial score (nSPS) is 22.1. The highest BCUT2D eigenvalue weighted by Crippen LogP contribution is 2.58. The molecule has 3 heterocycles. The summed E-state index contributed by atoms with van der Waals surface area (Å²) >= 11 is 0. The first-order valence-electron chi connectivity index (χ1n) is 15.2. The van der Waals surface area contributed by atoms with Gasteiger partial charge in [-0.2, -0.15) is 13.2 Å². The summed E-state index contributed by atoms with van der Waals surface area (Å²) in [5, 5.41) is 10.2. The van der Waals surface area contributed by atoms with Crippen LogP contribution in [0.3, 0.4) is 0 Å². The molecule has 6 rings (SSSR count). The number of anilines is 1. The standard InChI is InChI=1S/C33H38F5N5O3/c1-28(2,45)23-18-41-26(42-19-23)21-8-15-39-25(16-21)43(27(44)46-29(3,4)33(36,37)38)20-31-9-12-32(13-10-31,14-11-31)24-7-6-22(17-40-24)30(5,34)35/h6-8,15-19,45H,9-14,20H2,1-5H3. The van der Waals surface area contributed by atoms with Crippen molar-refractivity contribution in [3.8, 4) is 11.4 Å². The molecule has 248 valence electrons. The van der Waals surface area contributed by atoms with E-state index < -0.39 is 34.8 Å². The van der Waals surface area contributed by atoms with Crippen molar-refractivity contribution in [3.05, 3.63) is 65.9 Å². The van der Waals surface area contributed by atoms with Crippen molar-refractivity contribution in [3.63, 3.8) is 0 Å². The molecule has 3 aromatic rings. The first-order chi connectivity index (χ1) is 21.2. The summed E-state index contributed by atoms with van der Waals surface area (Å²) < 4.78 is 73.9. The molecule has 0 aromatic carbocycles. The van der Waals surface area contributed by atoms with Crippen molar-refractivity contribution in [1.82, 2.24) is 19.9 Å². The lowest BCUT2D eigenvalue weighted by atomic mass is 9.52. The van der Waals surface area contributed by atoms with Gasteiger partial charge in [0.1, 0.15) is 5.82 Å². The van der Waals surface area contributed by atoms with Crippen LogP contribution in [0.5, 0.6) is 0 Å². The number of fused-ring (bicyclic) bond motifs is 3. The minimum Gasteiger partial charge on any atom is -0.433 e. The van der Waals surface area contributed by atoms with Crippen LogP contribution in [0.25, 0.3) is 11.4 Å². The highest BCUT2D eigenvalue weighted by molar-refractivity contribution is 5.87. The lowest BCUT2D eigenvalue weighted by Crippen LogP contribution is -2.53. The third kappa shape index (κ3) is 6.70. The Bertz CT molecular complexity index is 1540. The molecule has 1 N–H and O–H groups in total. The third-order valence-electron chi connectivity index (χ3n) is 9.59. The Labute approximate surface area is 264 Å². The topological polar surface area (TPSA) is 101 Å². The van der Waals surface area contributed by atoms with Gasteiger partial charge in [0.25, 0.3) is 5.92 Å². The van der Waals surface area contributed by atoms with Crippen LogP contribution >= 0.6 is 0 Å². The fourth-order valence-corrected chi connectivity index (χ4v) is 6.26. The molecule has 0 radical (unpaired) electrons. The van der Waals surface area contributed by atoms with E-state index in [4.69, 9.17) is 4.74 Å². The van der Waals surface area contributed by atoms with Crippen LogP contribution in [0.2, 0.25) is 0 Å². The monoisotopic (exact) mass is 647 g/mol. The van der Waals surface area contributed by atoms with Crippen molar-refractivity contribution < 1.29 is 36.6 Å². The zero-order valence-electron chi connectivity index (χ0n) is 26.5. The maximum Gasteiger partial charge on any atom is 0.427 e. The van der Waals surface area contributed by atoms with Crippen LogP contribution in [0.1, 0.15) is 90.0 Å². The van der Waals surface area contributed by atoms with Gasteiger partial charge in [-0.1, -0.05) is 0 Å². The average Bonchev–Trinajstić information content (AvgIpc) is 2.99. The summed E-state index contributed by atoms with van der Waals surface area (Å²) in [6.45, 7) is 5.69. The molecular weight excluding hydrogens is 609 g/mol. The van der Waals surface area contributed by atoms with Gasteiger partial charge in [0.2, 0.25) is 5.60 Å². The first-order valence-corrected chi connectivity index (χ1v) is 15.2. The summed E-state index contributed by atoms with van der Waals surface area (Å²) in [7, 11) is 0. The Kier molecular flexibility index (Phi) is 8.40. The number of pyridine rings is 2. The molecule has 0 atom stereocenters. The molecule has 2 bridgehead atoms. The largest absolute Gasteiger partial charge is 0.433 e. The van der Waals surface area contributed by atoms with E-state index in [2.05, 4.69) is 19.9 Å². The summed E-state index contributed by atoms with van der Waals surface area (Å²) in [4.78, 5) is 32.2. The molecule has 3 aromatic heterocycles. The van der Waals surface area contributed by atoms with E-state index in [9.17, 15) is 31.9 Å². The highest BCUT2D eigenvalue weighted by atomic mass is 19.4. The van der Waals surface area contributed by atoms with E-state index in [1.807, 2.05) is 0 Å². The predicted octanol–water partition coefficient (Wildman–Crippen LogP) is 7.85. The van der Waals surface area contributed by atoms with Gasteiger partial charge in [-0.05, 0) is 95.9 Å². The van der Waals surface area contributed by atoms with Crippen molar-refractivity contribution in [1.29, 1.82) is 0 Å². The Morgan fingerprint density at radius 3 is 1.93 bits per heavy atom. The van der Waals surface area contributed by atoms with Crippen LogP contribution in [-0.4, -0.2) is 49.5 Å². The van der Waals surface area contributed by atoms with Gasteiger partial charge in [-0.25, -0.2) is 28.5 Å². The van der Waals surface area contributed by atoms with Crippen molar-refractivity contribution >= 4 is 11.9 Å². The van der Waals surface area contributed by atoms with Crippen LogP contribution in [0, 0.1) is 5.41 Å². The molecule has 3 fully saturated rings. The second-order valence-corrected chi connectivity index (χ2v) is 13.8. The predicted molar refractivity (Wildman–Crippen MR) is 160 cm³/mol. The van der Waals surface area contributed by atoms with Gasteiger partial charge >= 0.3 is 12.3 Å². The van der Waals surface area contributed by atoms with E-state index in [0.717, 1.165) is 31.4 Å². The van der Waals surface area contributed by atoms with Crippen LogP contribution in [0.4, 0.5) is 32.6 Å². The van der Waals surface area contributed by atoms with Gasteiger partial charge in [0.05, 0.1) is 5.60 Å². The molecule has 1 amide bonds. The number of amides is 1. The van der Waals surface area contributed by atoms with Crippen molar-refractivity contribution in [2.24, 2.45) is 5.41 Å². The number of rotatable bonds is 8. The Morgan fingerprint density at radius 2 is 1.43 bits per heavy atom. The molecular formula is C33H38F5N5O3. The maximum atomic E-state index is 13.8. The SMILES string of the molecule is CC(C)(O)c1cnc(-c2ccnc(N(CC34CCC(c5ccc(C(C)(F)F)cn5)(CC3)CC4)C(=O)OC(C)(C)C(F)(F)F)c2)nc1. The molecule has 46 heavy (non-hydrogen) atoms. The summed E-state index contributed by atoms with van der Waals surface area (Å²) in [6.07, 6.45) is 3.62. The Morgan fingerprint density at radius 1 is 0.848 bits per heavy atom. The highest BCUT2D eigenvalue weighted by Gasteiger charge is 2.54. The molecule has 8 nitrogen and oxygen atoms in total. The maximum absolute atomic E-state index is 13.8. The second kappa shape index (κ2) is 11.5. The lowest BCUT2D eigenvalue weighted by molar-refractivity contribution is -0.243. The molecule has 3 saturated carbocycles. The molecule has 0 spiro atoms. The molecule has 0 unspecified atom stereocenters. The zero-order valence-corrected chi connectivity index (χ0v) is 26.5. The zero-order chi connectivity index (χ0) is 33.8. The molecule has 3 aliphatic rings. The fraction of sp³-hybridized carbons (Fsp3) is 0.545. The van der Waals surface area contributed by atoms with Crippen LogP contribution in [-0.2, 0) is 21.7 Å². The fourth-order valence-electron chi connectivity index (χ4n) is 6.26. The first kappa shape index (κ1) is 33.6. The number of alkyl halides is 5. The smallest absolute Gasteiger partial charge is 0.427 e. The number of carbonyl (C=O) groups excluding carboxylic acids is 1. The van der Waals surface area contributed by atoms with Crippen LogP contribution in [0.15, 0.2) is 49.1 Å². The number of aromatic nitrogens is 4. The Balaban J connectivity index is 1.42. The van der Waals surface area contributed by atoms with Gasteiger partial charge in [0, 0.05) is 66.1 Å². The number of ether oxygens (including phenoxy) is 1. The van der Waals surface area contributed by atoms with Gasteiger partial charge < -0.3 is 9.84 Å². The van der Waals surface area contributed by atoms with E-state index >= 15 is 0 Å². The van der Waals surface area contributed by atoms with Crippen molar-refractivity contribution in [2.45, 2.75) is 102 Å². The van der Waals surface area contributed by atoms with E-state index in [0.29, 0.717) is 49.7 Å². The minimum absolute atomic E-state index is 0.0687. The van der Waals surface area contributed by atoms with Gasteiger partial charge in [0.15, 0.2) is 5.82 Å². The summed E-state index contributed by atoms with van der Waals surface area (Å²) in [6, 6.07) is 6.22. The minimum atomic E-state index is -4.81. The number of aliphatic hydroxyl groups is 1. The number of halogens is 5. The van der Waals surface area contributed by atoms with Gasteiger partial charge in [-0.15, -0.1) is 0 Å². The van der Waals surface area contributed by atoms with Gasteiger partial charge in [-0.3, -0.25) is 9.88 Å². The summed E-state index contributed by atoms with van der Waals surface area (Å²) in [5.41, 5.74) is -3.08. The van der Waals surface area contributed by atoms with E-state index in [1.165, 1.54) is 36.9 Å². The second-order valence-electron chi connectivity index (χ2n) is 13.8. The van der Waals surface area contributed by atoms with E-state index in [-0.39, 0.29) is 29.2 Å². The third-order valence-corrected chi connectivity index (χ3v) is 9.59. The number of hydrogen-bond donors (Lipinski definition) is 1.